The molecule has 0 spiro atoms. The van der Waals surface area contributed by atoms with Crippen LogP contribution >= 0.6 is 0 Å². The van der Waals surface area contributed by atoms with Crippen LogP contribution in [0, 0.1) is 0 Å². The molecule has 0 amide bonds. The molecule has 2 N–H and O–H groups in total. The number of nitrogens with two attached hydrogens (primary N) is 1. The van der Waals surface area contributed by atoms with E-state index < -0.39 is 5.97 Å². The summed E-state index contributed by atoms with van der Waals surface area (Å²) in [6.45, 7) is 3.57. The molecule has 1 heterocycles. The van der Waals surface area contributed by atoms with Crippen molar-refractivity contribution in [3.63, 3.8) is 0 Å². The lowest BCUT2D eigenvalue weighted by Gasteiger charge is -2.36. The average Bonchev–Trinajstić information content (AvgIpc) is 2.62. The summed E-state index contributed by atoms with van der Waals surface area (Å²) in [5.41, 5.74) is 5.91. The molecule has 1 rings (SSSR count). The molecular formula is C12H19N3O2. The van der Waals surface area contributed by atoms with Crippen LogP contribution in [0.4, 0.5) is 0 Å². The Morgan fingerprint density at radius 2 is 2.41 bits per heavy atom. The number of aliphatic carboxylic acids is 1. The number of carbonyl (C=O) groups is 1. The van der Waals surface area contributed by atoms with Crippen LogP contribution in [0.3, 0.4) is 0 Å². The Labute approximate surface area is 102 Å². The van der Waals surface area contributed by atoms with Crippen LogP contribution in [-0.2, 0) is 4.79 Å². The van der Waals surface area contributed by atoms with E-state index >= 15 is 0 Å². The highest BCUT2D eigenvalue weighted by atomic mass is 16.4. The number of aliphatic imine (C=N–C) groups is 1. The summed E-state index contributed by atoms with van der Waals surface area (Å²) in [6, 6.07) is 0. The molecule has 0 aromatic heterocycles. The van der Waals surface area contributed by atoms with Crippen LogP contribution < -0.4 is 10.8 Å². The molecule has 0 fully saturated rings. The Bertz CT molecular complexity index is 372. The van der Waals surface area contributed by atoms with E-state index in [0.29, 0.717) is 6.42 Å². The van der Waals surface area contributed by atoms with Gasteiger partial charge in [-0.3, -0.25) is 5.73 Å². The highest BCUT2D eigenvalue weighted by Gasteiger charge is 2.38. The number of quaternary nitrogens is 1. The minimum absolute atomic E-state index is 0.0693. The standard InChI is InChI=1S/C12H19N3O2/c1-3-4-5-6-11-14-7-8-15(11,10(2)13)9-12(16)17/h3-4,7-8,10H,5-6,9,13H2,1-2H3/b4-3+. The van der Waals surface area contributed by atoms with E-state index in [1.165, 1.54) is 0 Å². The fourth-order valence-electron chi connectivity index (χ4n) is 1.96. The van der Waals surface area contributed by atoms with Crippen LogP contribution in [0.15, 0.2) is 29.5 Å². The second kappa shape index (κ2) is 5.75. The summed E-state index contributed by atoms with van der Waals surface area (Å²) in [5.74, 6) is -0.338. The fraction of sp³-hybridized carbons (Fsp3) is 0.500. The molecule has 0 saturated heterocycles. The van der Waals surface area contributed by atoms with E-state index in [4.69, 9.17) is 5.73 Å². The first-order valence-electron chi connectivity index (χ1n) is 5.72. The van der Waals surface area contributed by atoms with Crippen molar-refractivity contribution in [3.8, 4) is 0 Å². The predicted molar refractivity (Wildman–Crippen MR) is 64.4 cm³/mol. The van der Waals surface area contributed by atoms with Gasteiger partial charge in [0, 0.05) is 13.3 Å². The van der Waals surface area contributed by atoms with Crippen molar-refractivity contribution in [3.05, 3.63) is 24.6 Å². The Hall–Kier alpha value is -1.46. The summed E-state index contributed by atoms with van der Waals surface area (Å²) in [5, 5.41) is 10.9. The van der Waals surface area contributed by atoms with Crippen molar-refractivity contribution < 1.29 is 14.4 Å². The third-order valence-electron chi connectivity index (χ3n) is 2.92. The molecule has 2 atom stereocenters. The number of carboxylic acid groups (broad SMARTS) is 1. The molecule has 2 unspecified atom stereocenters. The SMILES string of the molecule is C/C=C/CCC1=NC=C[N+]1(CC(=O)[O-])C(C)N. The van der Waals surface area contributed by atoms with Crippen molar-refractivity contribution in [2.75, 3.05) is 6.54 Å². The average molecular weight is 237 g/mol. The lowest BCUT2D eigenvalue weighted by atomic mass is 10.2. The molecule has 0 bridgehead atoms. The van der Waals surface area contributed by atoms with E-state index in [-0.39, 0.29) is 17.2 Å². The number of rotatable bonds is 6. The molecule has 0 saturated carbocycles. The van der Waals surface area contributed by atoms with Crippen molar-refractivity contribution in [1.29, 1.82) is 0 Å². The second-order valence-corrected chi connectivity index (χ2v) is 4.15. The molecule has 1 aliphatic rings. The number of amidine groups is 1. The lowest BCUT2D eigenvalue weighted by molar-refractivity contribution is -0.808. The maximum absolute atomic E-state index is 10.9. The smallest absolute Gasteiger partial charge is 0.209 e. The van der Waals surface area contributed by atoms with E-state index in [0.717, 1.165) is 12.3 Å². The van der Waals surface area contributed by atoms with Gasteiger partial charge in [-0.05, 0) is 13.3 Å². The van der Waals surface area contributed by atoms with Crippen molar-refractivity contribution in [2.45, 2.75) is 32.9 Å². The third-order valence-corrected chi connectivity index (χ3v) is 2.92. The van der Waals surface area contributed by atoms with E-state index in [9.17, 15) is 9.90 Å². The van der Waals surface area contributed by atoms with Crippen LogP contribution in [0.25, 0.3) is 0 Å². The lowest BCUT2D eigenvalue weighted by Crippen LogP contribution is -2.60. The highest BCUT2D eigenvalue weighted by molar-refractivity contribution is 5.81. The van der Waals surface area contributed by atoms with Crippen molar-refractivity contribution in [2.24, 2.45) is 10.7 Å². The van der Waals surface area contributed by atoms with Gasteiger partial charge in [0.2, 0.25) is 5.84 Å². The maximum Gasteiger partial charge on any atom is 0.209 e. The van der Waals surface area contributed by atoms with Gasteiger partial charge in [0.05, 0.1) is 12.2 Å². The summed E-state index contributed by atoms with van der Waals surface area (Å²) in [7, 11) is 0. The molecule has 94 valence electrons. The van der Waals surface area contributed by atoms with Gasteiger partial charge < -0.3 is 9.90 Å². The van der Waals surface area contributed by atoms with Crippen molar-refractivity contribution in [1.82, 2.24) is 0 Å². The largest absolute Gasteiger partial charge is 0.544 e. The second-order valence-electron chi connectivity index (χ2n) is 4.15. The van der Waals surface area contributed by atoms with Crippen molar-refractivity contribution >= 4 is 11.8 Å². The molecule has 1 aliphatic heterocycles. The fourth-order valence-corrected chi connectivity index (χ4v) is 1.96. The number of hydrogen-bond donors (Lipinski definition) is 1. The number of hydrogen-bond acceptors (Lipinski definition) is 4. The Morgan fingerprint density at radius 3 is 2.94 bits per heavy atom. The summed E-state index contributed by atoms with van der Waals surface area (Å²) < 4.78 is 0.0693. The minimum Gasteiger partial charge on any atom is -0.544 e. The van der Waals surface area contributed by atoms with Crippen LogP contribution in [0.5, 0.6) is 0 Å². The Kier molecular flexibility index (Phi) is 4.60. The quantitative estimate of drug-likeness (QED) is 0.525. The minimum atomic E-state index is -1.12. The van der Waals surface area contributed by atoms with Gasteiger partial charge in [0.25, 0.3) is 0 Å². The summed E-state index contributed by atoms with van der Waals surface area (Å²) in [6.07, 6.45) is 8.51. The zero-order chi connectivity index (χ0) is 12.9. The van der Waals surface area contributed by atoms with Gasteiger partial charge in [0.15, 0.2) is 0 Å². The van der Waals surface area contributed by atoms with Crippen LogP contribution in [0.1, 0.15) is 26.7 Å². The number of allylic oxidation sites excluding steroid dienone is 2. The summed E-state index contributed by atoms with van der Waals surface area (Å²) in [4.78, 5) is 15.1. The first-order chi connectivity index (χ1) is 8.03. The Balaban J connectivity index is 2.85. The van der Waals surface area contributed by atoms with E-state index in [1.54, 1.807) is 19.3 Å². The maximum atomic E-state index is 10.9. The zero-order valence-electron chi connectivity index (χ0n) is 10.3. The normalized spacial score (nSPS) is 25.2. The Morgan fingerprint density at radius 1 is 1.71 bits per heavy atom. The van der Waals surface area contributed by atoms with Gasteiger partial charge >= 0.3 is 0 Å². The zero-order valence-corrected chi connectivity index (χ0v) is 10.3. The van der Waals surface area contributed by atoms with E-state index in [1.807, 2.05) is 19.1 Å². The first kappa shape index (κ1) is 13.6. The topological polar surface area (TPSA) is 78.5 Å². The van der Waals surface area contributed by atoms with Crippen LogP contribution in [-0.4, -0.2) is 29.0 Å². The van der Waals surface area contributed by atoms with Gasteiger partial charge in [-0.2, -0.15) is 0 Å². The third kappa shape index (κ3) is 3.01. The van der Waals surface area contributed by atoms with Gasteiger partial charge in [-0.1, -0.05) is 12.2 Å². The molecule has 5 heteroatoms. The molecule has 0 aliphatic carbocycles. The molecule has 17 heavy (non-hydrogen) atoms. The molecule has 0 radical (unpaired) electrons. The molecule has 0 aromatic carbocycles. The number of carboxylic acids is 1. The van der Waals surface area contributed by atoms with Gasteiger partial charge in [-0.25, -0.2) is 9.48 Å². The summed E-state index contributed by atoms with van der Waals surface area (Å²) >= 11 is 0. The van der Waals surface area contributed by atoms with Crippen LogP contribution in [0.2, 0.25) is 0 Å². The van der Waals surface area contributed by atoms with Gasteiger partial charge in [-0.15, -0.1) is 0 Å². The predicted octanol–water partition coefficient (Wildman–Crippen LogP) is 0.0974. The van der Waals surface area contributed by atoms with E-state index in [2.05, 4.69) is 4.99 Å². The number of nitrogens with zero attached hydrogens (tertiary/aromatic N) is 2. The van der Waals surface area contributed by atoms with Gasteiger partial charge in [0.1, 0.15) is 18.9 Å². The monoisotopic (exact) mass is 237 g/mol. The highest BCUT2D eigenvalue weighted by Crippen LogP contribution is 2.22. The number of carbonyl (C=O) groups excluding carboxylic acids is 1. The first-order valence-corrected chi connectivity index (χ1v) is 5.72. The molecule has 5 nitrogen and oxygen atoms in total. The molecule has 0 aromatic rings. The molecular weight excluding hydrogens is 218 g/mol.